The van der Waals surface area contributed by atoms with Gasteiger partial charge < -0.3 is 0 Å². The summed E-state index contributed by atoms with van der Waals surface area (Å²) in [4.78, 5) is 1.09. The summed E-state index contributed by atoms with van der Waals surface area (Å²) >= 11 is 2.31. The molecule has 78 valence electrons. The monoisotopic (exact) mass is 216 g/mol. The van der Waals surface area contributed by atoms with E-state index in [-0.39, 0.29) is 0 Å². The van der Waals surface area contributed by atoms with E-state index >= 15 is 0 Å². The molecule has 0 aliphatic carbocycles. The van der Waals surface area contributed by atoms with Gasteiger partial charge in [-0.25, -0.2) is 0 Å². The minimum absolute atomic E-state index is 0.863. The van der Waals surface area contributed by atoms with Crippen molar-refractivity contribution in [1.82, 2.24) is 0 Å². The van der Waals surface area contributed by atoms with E-state index in [1.54, 1.807) is 0 Å². The predicted octanol–water partition coefficient (Wildman–Crippen LogP) is 4.32. The minimum atomic E-state index is -0.863. The van der Waals surface area contributed by atoms with Crippen LogP contribution in [0.15, 0.2) is 0 Å². The number of rotatable bonds is 4. The van der Waals surface area contributed by atoms with Gasteiger partial charge >= 0.3 is 0 Å². The first-order valence-electron chi connectivity index (χ1n) is 5.84. The molecule has 0 aromatic rings. The van der Waals surface area contributed by atoms with Crippen molar-refractivity contribution in [3.63, 3.8) is 0 Å². The fraction of sp³-hybridized carbons (Fsp3) is 1.00. The predicted molar refractivity (Wildman–Crippen MR) is 67.3 cm³/mol. The van der Waals surface area contributed by atoms with E-state index in [0.717, 1.165) is 10.1 Å². The molecule has 2 atom stereocenters. The molecule has 1 heterocycles. The van der Waals surface area contributed by atoms with Crippen LogP contribution in [0, 0.1) is 0 Å². The van der Waals surface area contributed by atoms with Gasteiger partial charge in [-0.1, -0.05) is 45.8 Å². The van der Waals surface area contributed by atoms with Crippen LogP contribution >= 0.6 is 11.8 Å². The van der Waals surface area contributed by atoms with E-state index in [4.69, 9.17) is 0 Å². The van der Waals surface area contributed by atoms with E-state index in [1.807, 2.05) is 0 Å². The molecule has 0 amide bonds. The quantitative estimate of drug-likeness (QED) is 0.631. The van der Waals surface area contributed by atoms with Gasteiger partial charge in [-0.2, -0.15) is 11.8 Å². The van der Waals surface area contributed by atoms with Crippen molar-refractivity contribution in [1.29, 1.82) is 0 Å². The fourth-order valence-corrected chi connectivity index (χ4v) is 10.8. The summed E-state index contributed by atoms with van der Waals surface area (Å²) < 4.78 is 0. The second-order valence-corrected chi connectivity index (χ2v) is 12.0. The Morgan fingerprint density at radius 2 is 1.62 bits per heavy atom. The van der Waals surface area contributed by atoms with Gasteiger partial charge in [0, 0.05) is 10.1 Å². The Labute approximate surface area is 88.9 Å². The van der Waals surface area contributed by atoms with Crippen LogP contribution in [0.3, 0.4) is 0 Å². The summed E-state index contributed by atoms with van der Waals surface area (Å²) in [5.41, 5.74) is 0. The maximum atomic E-state index is 2.43. The summed E-state index contributed by atoms with van der Waals surface area (Å²) in [6, 6.07) is 4.51. The summed E-state index contributed by atoms with van der Waals surface area (Å²) in [5.74, 6) is 0. The topological polar surface area (TPSA) is 0 Å². The van der Waals surface area contributed by atoms with Crippen LogP contribution < -0.4 is 0 Å². The van der Waals surface area contributed by atoms with E-state index in [2.05, 4.69) is 39.5 Å². The molecular weight excluding hydrogens is 192 g/mol. The molecule has 0 bridgehead atoms. The number of hydrogen-bond donors (Lipinski definition) is 0. The SMILES string of the molecule is CC[Si](CC)(CC)[C@H]1CC[C@H](C)S1. The molecule has 0 saturated carbocycles. The van der Waals surface area contributed by atoms with E-state index in [1.165, 1.54) is 31.0 Å². The lowest BCUT2D eigenvalue weighted by Crippen LogP contribution is -2.42. The van der Waals surface area contributed by atoms with Crippen molar-refractivity contribution in [2.75, 3.05) is 0 Å². The molecule has 1 aliphatic heterocycles. The van der Waals surface area contributed by atoms with Gasteiger partial charge in [-0.05, 0) is 12.8 Å². The molecule has 0 unspecified atom stereocenters. The first-order chi connectivity index (χ1) is 6.18. The summed E-state index contributed by atoms with van der Waals surface area (Å²) in [6.45, 7) is 9.71. The highest BCUT2D eigenvalue weighted by molar-refractivity contribution is 8.02. The average molecular weight is 216 g/mol. The molecule has 0 spiro atoms. The lowest BCUT2D eigenvalue weighted by Gasteiger charge is -2.34. The highest BCUT2D eigenvalue weighted by atomic mass is 32.2. The van der Waals surface area contributed by atoms with Gasteiger partial charge in [0.25, 0.3) is 0 Å². The van der Waals surface area contributed by atoms with Crippen molar-refractivity contribution in [3.8, 4) is 0 Å². The van der Waals surface area contributed by atoms with Crippen LogP contribution in [-0.4, -0.2) is 18.2 Å². The summed E-state index contributed by atoms with van der Waals surface area (Å²) in [7, 11) is -0.863. The summed E-state index contributed by atoms with van der Waals surface area (Å²) in [5, 5.41) is 0.946. The maximum absolute atomic E-state index is 2.43. The number of thioether (sulfide) groups is 1. The highest BCUT2D eigenvalue weighted by Gasteiger charge is 2.40. The smallest absolute Gasteiger partial charge is 0.0670 e. The average Bonchev–Trinajstić information content (AvgIpc) is 2.57. The Morgan fingerprint density at radius 1 is 1.08 bits per heavy atom. The molecule has 0 aromatic carbocycles. The number of hydrogen-bond acceptors (Lipinski definition) is 1. The normalized spacial score (nSPS) is 29.5. The fourth-order valence-electron chi connectivity index (χ4n) is 2.69. The molecule has 1 rings (SSSR count). The second kappa shape index (κ2) is 4.88. The van der Waals surface area contributed by atoms with Gasteiger partial charge in [-0.3, -0.25) is 0 Å². The van der Waals surface area contributed by atoms with Crippen LogP contribution in [0.25, 0.3) is 0 Å². The first-order valence-corrected chi connectivity index (χ1v) is 9.48. The Hall–Kier alpha value is 0.567. The van der Waals surface area contributed by atoms with E-state index in [9.17, 15) is 0 Å². The Balaban J connectivity index is 2.64. The Bertz CT molecular complexity index is 146. The molecule has 0 radical (unpaired) electrons. The molecule has 0 nitrogen and oxygen atoms in total. The zero-order valence-electron chi connectivity index (χ0n) is 9.60. The molecule has 13 heavy (non-hydrogen) atoms. The minimum Gasteiger partial charge on any atom is -0.159 e. The van der Waals surface area contributed by atoms with Gasteiger partial charge in [0.1, 0.15) is 0 Å². The van der Waals surface area contributed by atoms with Crippen LogP contribution in [-0.2, 0) is 0 Å². The lowest BCUT2D eigenvalue weighted by molar-refractivity contribution is 0.804. The van der Waals surface area contributed by atoms with Crippen LogP contribution in [0.5, 0.6) is 0 Å². The van der Waals surface area contributed by atoms with Crippen LogP contribution in [0.2, 0.25) is 18.1 Å². The maximum Gasteiger partial charge on any atom is 0.0670 e. The van der Waals surface area contributed by atoms with E-state index < -0.39 is 8.07 Å². The van der Waals surface area contributed by atoms with Crippen LogP contribution in [0.1, 0.15) is 40.5 Å². The Morgan fingerprint density at radius 3 is 1.92 bits per heavy atom. The van der Waals surface area contributed by atoms with Gasteiger partial charge in [0.2, 0.25) is 0 Å². The third kappa shape index (κ3) is 2.32. The molecule has 1 saturated heterocycles. The molecule has 0 aromatic heterocycles. The van der Waals surface area contributed by atoms with Crippen molar-refractivity contribution >= 4 is 19.8 Å². The van der Waals surface area contributed by atoms with Gasteiger partial charge in [0.05, 0.1) is 8.07 Å². The zero-order chi connectivity index (χ0) is 9.90. The van der Waals surface area contributed by atoms with Gasteiger partial charge in [-0.15, -0.1) is 0 Å². The van der Waals surface area contributed by atoms with Crippen molar-refractivity contribution in [2.45, 2.75) is 68.8 Å². The molecule has 1 aliphatic rings. The largest absolute Gasteiger partial charge is 0.159 e. The van der Waals surface area contributed by atoms with Crippen molar-refractivity contribution in [2.24, 2.45) is 0 Å². The third-order valence-corrected chi connectivity index (χ3v) is 13.1. The molecule has 2 heteroatoms. The second-order valence-electron chi connectivity index (χ2n) is 4.44. The highest BCUT2D eigenvalue weighted by Crippen LogP contribution is 2.43. The van der Waals surface area contributed by atoms with E-state index in [0.29, 0.717) is 0 Å². The Kier molecular flexibility index (Phi) is 4.37. The standard InChI is InChI=1S/C11H24SSi/c1-5-13(6-2,7-3)11-9-8-10(4)12-11/h10-11H,5-9H2,1-4H3/t10-,11-/m0/s1. The summed E-state index contributed by atoms with van der Waals surface area (Å²) in [6.07, 6.45) is 3.00. The van der Waals surface area contributed by atoms with Crippen molar-refractivity contribution < 1.29 is 0 Å². The molecule has 1 fully saturated rings. The third-order valence-electron chi connectivity index (χ3n) is 4.03. The molecular formula is C11H24SSi. The zero-order valence-corrected chi connectivity index (χ0v) is 11.4. The lowest BCUT2D eigenvalue weighted by atomic mass is 10.3. The van der Waals surface area contributed by atoms with Crippen molar-refractivity contribution in [3.05, 3.63) is 0 Å². The van der Waals surface area contributed by atoms with Gasteiger partial charge in [0.15, 0.2) is 0 Å². The first kappa shape index (κ1) is 11.6. The molecule has 0 N–H and O–H groups in total. The van der Waals surface area contributed by atoms with Crippen LogP contribution in [0.4, 0.5) is 0 Å².